The molecular formula is C20H26N2O3. The van der Waals surface area contributed by atoms with Gasteiger partial charge in [-0.15, -0.1) is 0 Å². The second-order valence-electron chi connectivity index (χ2n) is 6.15. The molecule has 0 aliphatic rings. The fraction of sp³-hybridized carbons (Fsp3) is 0.350. The molecule has 2 rings (SSSR count). The van der Waals surface area contributed by atoms with Crippen molar-refractivity contribution in [1.82, 2.24) is 5.32 Å². The van der Waals surface area contributed by atoms with Crippen LogP contribution in [0, 0.1) is 13.8 Å². The fourth-order valence-electron chi connectivity index (χ4n) is 2.71. The summed E-state index contributed by atoms with van der Waals surface area (Å²) in [5.41, 5.74) is 4.23. The van der Waals surface area contributed by atoms with Gasteiger partial charge in [-0.3, -0.25) is 4.79 Å². The standard InChI is InChI=1S/C20H26N2O3/c1-13-8-14(2)10-17(9-13)22-15(3)20(23)21-12-16-6-7-18(24-4)19(11-16)25-5/h6-11,15,22H,12H2,1-5H3,(H,21,23)/t15-/m1/s1. The van der Waals surface area contributed by atoms with E-state index in [2.05, 4.69) is 16.7 Å². The maximum atomic E-state index is 12.3. The fourth-order valence-corrected chi connectivity index (χ4v) is 2.71. The largest absolute Gasteiger partial charge is 0.493 e. The van der Waals surface area contributed by atoms with Gasteiger partial charge in [0.15, 0.2) is 11.5 Å². The molecule has 1 atom stereocenters. The third-order valence-corrected chi connectivity index (χ3v) is 3.91. The second kappa shape index (κ2) is 8.42. The predicted molar refractivity (Wildman–Crippen MR) is 100 cm³/mol. The number of aryl methyl sites for hydroxylation is 2. The summed E-state index contributed by atoms with van der Waals surface area (Å²) >= 11 is 0. The van der Waals surface area contributed by atoms with Crippen molar-refractivity contribution >= 4 is 11.6 Å². The van der Waals surface area contributed by atoms with E-state index in [-0.39, 0.29) is 11.9 Å². The van der Waals surface area contributed by atoms with E-state index >= 15 is 0 Å². The molecule has 0 bridgehead atoms. The summed E-state index contributed by atoms with van der Waals surface area (Å²) < 4.78 is 10.5. The molecule has 0 radical (unpaired) electrons. The summed E-state index contributed by atoms with van der Waals surface area (Å²) in [6.07, 6.45) is 0. The van der Waals surface area contributed by atoms with Gasteiger partial charge in [-0.05, 0) is 61.7 Å². The average molecular weight is 342 g/mol. The monoisotopic (exact) mass is 342 g/mol. The van der Waals surface area contributed by atoms with Gasteiger partial charge < -0.3 is 20.1 Å². The highest BCUT2D eigenvalue weighted by Crippen LogP contribution is 2.27. The minimum Gasteiger partial charge on any atom is -0.493 e. The summed E-state index contributed by atoms with van der Waals surface area (Å²) in [6.45, 7) is 6.36. The van der Waals surface area contributed by atoms with Crippen LogP contribution in [0.4, 0.5) is 5.69 Å². The van der Waals surface area contributed by atoms with Crippen LogP contribution in [0.3, 0.4) is 0 Å². The Morgan fingerprint density at radius 3 is 2.24 bits per heavy atom. The van der Waals surface area contributed by atoms with E-state index in [1.54, 1.807) is 14.2 Å². The van der Waals surface area contributed by atoms with Gasteiger partial charge >= 0.3 is 0 Å². The van der Waals surface area contributed by atoms with Gasteiger partial charge in [-0.1, -0.05) is 12.1 Å². The van der Waals surface area contributed by atoms with E-state index < -0.39 is 0 Å². The first-order chi connectivity index (χ1) is 11.9. The van der Waals surface area contributed by atoms with Crippen LogP contribution in [0.15, 0.2) is 36.4 Å². The highest BCUT2D eigenvalue weighted by atomic mass is 16.5. The Kier molecular flexibility index (Phi) is 6.28. The molecule has 0 saturated heterocycles. The number of carbonyl (C=O) groups excluding carboxylic acids is 1. The number of hydrogen-bond donors (Lipinski definition) is 2. The Hall–Kier alpha value is -2.69. The smallest absolute Gasteiger partial charge is 0.242 e. The molecule has 1 amide bonds. The average Bonchev–Trinajstić information content (AvgIpc) is 2.58. The molecule has 2 aromatic carbocycles. The maximum absolute atomic E-state index is 12.3. The highest BCUT2D eigenvalue weighted by molar-refractivity contribution is 5.84. The van der Waals surface area contributed by atoms with Gasteiger partial charge in [0, 0.05) is 12.2 Å². The van der Waals surface area contributed by atoms with Crippen molar-refractivity contribution in [1.29, 1.82) is 0 Å². The summed E-state index contributed by atoms with van der Waals surface area (Å²) in [4.78, 5) is 12.3. The van der Waals surface area contributed by atoms with Gasteiger partial charge in [-0.2, -0.15) is 0 Å². The zero-order chi connectivity index (χ0) is 18.4. The molecule has 25 heavy (non-hydrogen) atoms. The van der Waals surface area contributed by atoms with Crippen LogP contribution < -0.4 is 20.1 Å². The maximum Gasteiger partial charge on any atom is 0.242 e. The van der Waals surface area contributed by atoms with E-state index in [1.165, 1.54) is 11.1 Å². The van der Waals surface area contributed by atoms with E-state index in [0.717, 1.165) is 11.3 Å². The number of methoxy groups -OCH3 is 2. The Morgan fingerprint density at radius 1 is 1.00 bits per heavy atom. The number of benzene rings is 2. The van der Waals surface area contributed by atoms with Crippen molar-refractivity contribution in [3.63, 3.8) is 0 Å². The molecule has 5 nitrogen and oxygen atoms in total. The molecule has 0 saturated carbocycles. The molecule has 2 aromatic rings. The first-order valence-electron chi connectivity index (χ1n) is 8.26. The van der Waals surface area contributed by atoms with Gasteiger partial charge in [0.25, 0.3) is 0 Å². The van der Waals surface area contributed by atoms with Crippen molar-refractivity contribution in [3.05, 3.63) is 53.1 Å². The van der Waals surface area contributed by atoms with Crippen LogP contribution in [0.25, 0.3) is 0 Å². The second-order valence-corrected chi connectivity index (χ2v) is 6.15. The topological polar surface area (TPSA) is 59.6 Å². The van der Waals surface area contributed by atoms with E-state index in [0.29, 0.717) is 18.0 Å². The lowest BCUT2D eigenvalue weighted by atomic mass is 10.1. The Labute approximate surface area is 149 Å². The zero-order valence-electron chi connectivity index (χ0n) is 15.5. The number of carbonyl (C=O) groups is 1. The molecule has 0 spiro atoms. The molecular weight excluding hydrogens is 316 g/mol. The number of amides is 1. The number of anilines is 1. The zero-order valence-corrected chi connectivity index (χ0v) is 15.5. The van der Waals surface area contributed by atoms with Crippen LogP contribution >= 0.6 is 0 Å². The van der Waals surface area contributed by atoms with Crippen LogP contribution in [0.2, 0.25) is 0 Å². The molecule has 0 unspecified atom stereocenters. The van der Waals surface area contributed by atoms with Crippen molar-refractivity contribution < 1.29 is 14.3 Å². The van der Waals surface area contributed by atoms with E-state index in [1.807, 2.05) is 51.1 Å². The molecule has 0 fully saturated rings. The molecule has 2 N–H and O–H groups in total. The number of nitrogens with one attached hydrogen (secondary N) is 2. The Bertz CT molecular complexity index is 723. The van der Waals surface area contributed by atoms with Crippen molar-refractivity contribution in [3.8, 4) is 11.5 Å². The van der Waals surface area contributed by atoms with Crippen LogP contribution in [0.1, 0.15) is 23.6 Å². The van der Waals surface area contributed by atoms with Gasteiger partial charge in [0.1, 0.15) is 6.04 Å². The molecule has 134 valence electrons. The lowest BCUT2D eigenvalue weighted by molar-refractivity contribution is -0.121. The third-order valence-electron chi connectivity index (χ3n) is 3.91. The Morgan fingerprint density at radius 2 is 1.64 bits per heavy atom. The van der Waals surface area contributed by atoms with Crippen molar-refractivity contribution in [2.24, 2.45) is 0 Å². The van der Waals surface area contributed by atoms with Gasteiger partial charge in [0.2, 0.25) is 5.91 Å². The molecule has 0 heterocycles. The molecule has 0 aliphatic carbocycles. The summed E-state index contributed by atoms with van der Waals surface area (Å²) in [5.74, 6) is 1.26. The van der Waals surface area contributed by atoms with Crippen LogP contribution in [-0.4, -0.2) is 26.2 Å². The molecule has 5 heteroatoms. The van der Waals surface area contributed by atoms with Crippen molar-refractivity contribution in [2.45, 2.75) is 33.4 Å². The van der Waals surface area contributed by atoms with Gasteiger partial charge in [0.05, 0.1) is 14.2 Å². The van der Waals surface area contributed by atoms with E-state index in [9.17, 15) is 4.79 Å². The normalized spacial score (nSPS) is 11.6. The number of rotatable bonds is 7. The quantitative estimate of drug-likeness (QED) is 0.809. The minimum absolute atomic E-state index is 0.0612. The number of ether oxygens (including phenoxy) is 2. The first-order valence-corrected chi connectivity index (χ1v) is 8.26. The van der Waals surface area contributed by atoms with Gasteiger partial charge in [-0.25, -0.2) is 0 Å². The minimum atomic E-state index is -0.332. The highest BCUT2D eigenvalue weighted by Gasteiger charge is 2.13. The summed E-state index contributed by atoms with van der Waals surface area (Å²) in [5, 5.41) is 6.18. The summed E-state index contributed by atoms with van der Waals surface area (Å²) in [7, 11) is 3.19. The van der Waals surface area contributed by atoms with E-state index in [4.69, 9.17) is 9.47 Å². The van der Waals surface area contributed by atoms with Crippen molar-refractivity contribution in [2.75, 3.05) is 19.5 Å². The Balaban J connectivity index is 1.95. The predicted octanol–water partition coefficient (Wildman–Crippen LogP) is 3.44. The SMILES string of the molecule is COc1ccc(CNC(=O)[C@@H](C)Nc2cc(C)cc(C)c2)cc1OC. The third kappa shape index (κ3) is 5.14. The molecule has 0 aliphatic heterocycles. The first kappa shape index (κ1) is 18.6. The van der Waals surface area contributed by atoms with Crippen LogP contribution in [-0.2, 0) is 11.3 Å². The van der Waals surface area contributed by atoms with Crippen LogP contribution in [0.5, 0.6) is 11.5 Å². The molecule has 0 aromatic heterocycles. The summed E-state index contributed by atoms with van der Waals surface area (Å²) in [6, 6.07) is 11.4. The lowest BCUT2D eigenvalue weighted by Crippen LogP contribution is -2.37. The number of hydrogen-bond acceptors (Lipinski definition) is 4. The lowest BCUT2D eigenvalue weighted by Gasteiger charge is -2.17.